The maximum absolute atomic E-state index is 15.3. The van der Waals surface area contributed by atoms with Crippen LogP contribution in [0.5, 0.6) is 0 Å². The summed E-state index contributed by atoms with van der Waals surface area (Å²) >= 11 is 0. The van der Waals surface area contributed by atoms with Crippen LogP contribution >= 0.6 is 0 Å². The van der Waals surface area contributed by atoms with Crippen molar-refractivity contribution >= 4 is 43.9 Å². The molecule has 0 unspecified atom stereocenters. The van der Waals surface area contributed by atoms with Crippen molar-refractivity contribution < 1.29 is 13.2 Å². The van der Waals surface area contributed by atoms with Crippen molar-refractivity contribution in [3.05, 3.63) is 103 Å². The van der Waals surface area contributed by atoms with E-state index in [-0.39, 0.29) is 5.82 Å². The first-order valence-electron chi connectivity index (χ1n) is 10.7. The van der Waals surface area contributed by atoms with E-state index in [9.17, 15) is 0 Å². The van der Waals surface area contributed by atoms with Crippen LogP contribution in [0, 0.1) is 5.82 Å². The van der Waals surface area contributed by atoms with Crippen molar-refractivity contribution in [3.63, 3.8) is 0 Å². The van der Waals surface area contributed by atoms with Crippen molar-refractivity contribution in [1.82, 2.24) is 4.98 Å². The van der Waals surface area contributed by atoms with Gasteiger partial charge < -0.3 is 8.83 Å². The van der Waals surface area contributed by atoms with E-state index in [1.165, 1.54) is 6.07 Å². The zero-order valence-corrected chi connectivity index (χ0v) is 17.4. The maximum Gasteiger partial charge on any atom is 0.146 e. The summed E-state index contributed by atoms with van der Waals surface area (Å²) in [6.07, 6.45) is 1.75. The van der Waals surface area contributed by atoms with Crippen LogP contribution in [-0.2, 0) is 0 Å². The first-order chi connectivity index (χ1) is 16.3. The number of nitrogens with zero attached hydrogens (tertiary/aromatic N) is 1. The highest BCUT2D eigenvalue weighted by atomic mass is 19.1. The van der Waals surface area contributed by atoms with Crippen LogP contribution in [0.2, 0.25) is 0 Å². The first-order valence-corrected chi connectivity index (χ1v) is 10.7. The summed E-state index contributed by atoms with van der Waals surface area (Å²) in [6, 6.07) is 28.7. The molecule has 4 aromatic carbocycles. The van der Waals surface area contributed by atoms with Gasteiger partial charge in [0.2, 0.25) is 0 Å². The van der Waals surface area contributed by atoms with Crippen LogP contribution in [0.4, 0.5) is 4.39 Å². The third-order valence-electron chi connectivity index (χ3n) is 6.22. The Labute approximate surface area is 187 Å². The van der Waals surface area contributed by atoms with Crippen molar-refractivity contribution in [2.24, 2.45) is 0 Å². The van der Waals surface area contributed by atoms with Gasteiger partial charge in [0.1, 0.15) is 28.1 Å². The Morgan fingerprint density at radius 2 is 1.39 bits per heavy atom. The van der Waals surface area contributed by atoms with Crippen LogP contribution in [0.1, 0.15) is 0 Å². The van der Waals surface area contributed by atoms with Gasteiger partial charge in [-0.3, -0.25) is 4.98 Å². The van der Waals surface area contributed by atoms with Gasteiger partial charge in [-0.1, -0.05) is 42.5 Å². The highest BCUT2D eigenvalue weighted by molar-refractivity contribution is 6.13. The van der Waals surface area contributed by atoms with E-state index in [0.717, 1.165) is 44.0 Å². The molecule has 7 rings (SSSR count). The van der Waals surface area contributed by atoms with Crippen LogP contribution in [0.25, 0.3) is 66.3 Å². The summed E-state index contributed by atoms with van der Waals surface area (Å²) in [4.78, 5) is 4.48. The van der Waals surface area contributed by atoms with Gasteiger partial charge in [-0.05, 0) is 54.1 Å². The summed E-state index contributed by atoms with van der Waals surface area (Å²) in [5, 5.41) is 3.84. The number of hydrogen-bond acceptors (Lipinski definition) is 3. The predicted molar refractivity (Wildman–Crippen MR) is 130 cm³/mol. The molecule has 0 N–H and O–H groups in total. The minimum Gasteiger partial charge on any atom is -0.456 e. The van der Waals surface area contributed by atoms with E-state index in [1.54, 1.807) is 12.3 Å². The molecule has 156 valence electrons. The summed E-state index contributed by atoms with van der Waals surface area (Å²) < 4.78 is 27.7. The second-order valence-electron chi connectivity index (χ2n) is 8.11. The quantitative estimate of drug-likeness (QED) is 0.277. The molecule has 3 aromatic heterocycles. The molecule has 33 heavy (non-hydrogen) atoms. The molecular formula is C29H16FNO2. The number of benzene rings is 4. The molecule has 7 aromatic rings. The number of halogens is 1. The van der Waals surface area contributed by atoms with Crippen molar-refractivity contribution in [3.8, 4) is 22.4 Å². The Morgan fingerprint density at radius 1 is 0.606 bits per heavy atom. The minimum atomic E-state index is -0.337. The summed E-state index contributed by atoms with van der Waals surface area (Å²) in [7, 11) is 0. The smallest absolute Gasteiger partial charge is 0.146 e. The zero-order chi connectivity index (χ0) is 21.9. The molecule has 0 amide bonds. The Balaban J connectivity index is 1.52. The zero-order valence-electron chi connectivity index (χ0n) is 17.4. The molecular weight excluding hydrogens is 413 g/mol. The van der Waals surface area contributed by atoms with Crippen molar-refractivity contribution in [2.45, 2.75) is 0 Å². The lowest BCUT2D eigenvalue weighted by molar-refractivity contribution is 0.622. The van der Waals surface area contributed by atoms with Crippen LogP contribution in [0.15, 0.2) is 106 Å². The molecule has 0 aliphatic carbocycles. The fourth-order valence-electron chi connectivity index (χ4n) is 4.71. The average Bonchev–Trinajstić information content (AvgIpc) is 3.42. The number of aromatic nitrogens is 1. The van der Waals surface area contributed by atoms with Gasteiger partial charge in [-0.25, -0.2) is 4.39 Å². The molecule has 0 aliphatic rings. The average molecular weight is 429 g/mol. The fourth-order valence-corrected chi connectivity index (χ4v) is 4.71. The molecule has 0 saturated carbocycles. The molecule has 3 nitrogen and oxygen atoms in total. The van der Waals surface area contributed by atoms with Crippen molar-refractivity contribution in [2.75, 3.05) is 0 Å². The number of furan rings is 2. The van der Waals surface area contributed by atoms with Gasteiger partial charge in [0, 0.05) is 33.3 Å². The number of pyridine rings is 1. The third-order valence-corrected chi connectivity index (χ3v) is 6.22. The van der Waals surface area contributed by atoms with E-state index in [2.05, 4.69) is 4.98 Å². The third kappa shape index (κ3) is 2.64. The van der Waals surface area contributed by atoms with E-state index < -0.39 is 0 Å². The Hall–Kier alpha value is -4.44. The monoisotopic (exact) mass is 429 g/mol. The molecule has 0 bridgehead atoms. The molecule has 0 atom stereocenters. The summed E-state index contributed by atoms with van der Waals surface area (Å²) in [5.41, 5.74) is 5.58. The second kappa shape index (κ2) is 6.78. The maximum atomic E-state index is 15.3. The lowest BCUT2D eigenvalue weighted by Gasteiger charge is -2.05. The van der Waals surface area contributed by atoms with Crippen LogP contribution in [0.3, 0.4) is 0 Å². The molecule has 0 saturated heterocycles. The number of fused-ring (bicyclic) bond motifs is 6. The molecule has 0 fully saturated rings. The molecule has 0 spiro atoms. The number of para-hydroxylation sites is 2. The SMILES string of the molecule is Fc1ccc2c(oc3c(-c4ccccn4)cccc32)c1-c1ccc2c(c1)oc1ccccc12. The van der Waals surface area contributed by atoms with Gasteiger partial charge in [0.05, 0.1) is 11.3 Å². The van der Waals surface area contributed by atoms with Gasteiger partial charge >= 0.3 is 0 Å². The normalized spacial score (nSPS) is 11.8. The topological polar surface area (TPSA) is 39.2 Å². The highest BCUT2D eigenvalue weighted by Gasteiger charge is 2.20. The Bertz CT molecular complexity index is 1830. The molecule has 4 heteroatoms. The Kier molecular flexibility index (Phi) is 3.73. The van der Waals surface area contributed by atoms with Crippen molar-refractivity contribution in [1.29, 1.82) is 0 Å². The van der Waals surface area contributed by atoms with Gasteiger partial charge in [0.25, 0.3) is 0 Å². The number of hydrogen-bond donors (Lipinski definition) is 0. The lowest BCUT2D eigenvalue weighted by atomic mass is 9.99. The minimum absolute atomic E-state index is 0.337. The van der Waals surface area contributed by atoms with E-state index in [0.29, 0.717) is 22.3 Å². The van der Waals surface area contributed by atoms with Gasteiger partial charge in [0.15, 0.2) is 0 Å². The van der Waals surface area contributed by atoms with Gasteiger partial charge in [-0.15, -0.1) is 0 Å². The standard InChI is InChI=1S/C29H16FNO2/c30-23-14-13-21-20-7-5-8-22(24-9-3-4-15-31-24)28(20)33-29(21)27(23)17-11-12-19-18-6-1-2-10-25(18)32-26(19)16-17/h1-16H. The Morgan fingerprint density at radius 3 is 2.30 bits per heavy atom. The second-order valence-corrected chi connectivity index (χ2v) is 8.11. The van der Waals surface area contributed by atoms with E-state index in [1.807, 2.05) is 78.9 Å². The van der Waals surface area contributed by atoms with Gasteiger partial charge in [-0.2, -0.15) is 0 Å². The molecule has 0 radical (unpaired) electrons. The molecule has 3 heterocycles. The lowest BCUT2D eigenvalue weighted by Crippen LogP contribution is -1.85. The van der Waals surface area contributed by atoms with E-state index in [4.69, 9.17) is 8.83 Å². The highest BCUT2D eigenvalue weighted by Crippen LogP contribution is 2.41. The first kappa shape index (κ1) is 18.2. The van der Waals surface area contributed by atoms with Crippen LogP contribution in [-0.4, -0.2) is 4.98 Å². The molecule has 0 aliphatic heterocycles. The van der Waals surface area contributed by atoms with E-state index >= 15 is 4.39 Å². The largest absolute Gasteiger partial charge is 0.456 e. The summed E-state index contributed by atoms with van der Waals surface area (Å²) in [6.45, 7) is 0. The predicted octanol–water partition coefficient (Wildman–Crippen LogP) is 8.35. The van der Waals surface area contributed by atoms with Crippen LogP contribution < -0.4 is 0 Å². The summed E-state index contributed by atoms with van der Waals surface area (Å²) in [5.74, 6) is -0.337. The fraction of sp³-hybridized carbons (Fsp3) is 0. The number of rotatable bonds is 2.